The summed E-state index contributed by atoms with van der Waals surface area (Å²) in [5.74, 6) is 2.33. The maximum absolute atomic E-state index is 5.39. The zero-order valence-electron chi connectivity index (χ0n) is 9.63. The van der Waals surface area contributed by atoms with Crippen LogP contribution in [0.25, 0.3) is 0 Å². The molecule has 0 radical (unpaired) electrons. The van der Waals surface area contributed by atoms with Gasteiger partial charge in [-0.05, 0) is 25.2 Å². The molecule has 0 aliphatic carbocycles. The van der Waals surface area contributed by atoms with E-state index in [1.165, 1.54) is 6.42 Å². The third-order valence-corrected chi connectivity index (χ3v) is 1.96. The van der Waals surface area contributed by atoms with Gasteiger partial charge in [-0.25, -0.2) is 0 Å². The van der Waals surface area contributed by atoms with Crippen molar-refractivity contribution in [3.05, 3.63) is 0 Å². The molecule has 0 heterocycles. The van der Waals surface area contributed by atoms with Crippen molar-refractivity contribution in [2.45, 2.75) is 40.5 Å². The molecule has 13 heavy (non-hydrogen) atoms. The predicted molar refractivity (Wildman–Crippen MR) is 58.2 cm³/mol. The van der Waals surface area contributed by atoms with Crippen LogP contribution in [0.4, 0.5) is 0 Å². The molecule has 0 saturated heterocycles. The van der Waals surface area contributed by atoms with E-state index < -0.39 is 0 Å². The van der Waals surface area contributed by atoms with Crippen LogP contribution in [0, 0.1) is 11.8 Å². The highest BCUT2D eigenvalue weighted by atomic mass is 16.5. The molecule has 0 bridgehead atoms. The number of hydrogen-bond donors (Lipinski definition) is 0. The lowest BCUT2D eigenvalue weighted by molar-refractivity contribution is 0.303. The van der Waals surface area contributed by atoms with E-state index in [0.717, 1.165) is 24.8 Å². The molecule has 0 fully saturated rings. The summed E-state index contributed by atoms with van der Waals surface area (Å²) >= 11 is 0. The zero-order valence-corrected chi connectivity index (χ0v) is 9.63. The van der Waals surface area contributed by atoms with Crippen molar-refractivity contribution in [1.82, 2.24) is 0 Å². The molecule has 1 unspecified atom stereocenters. The van der Waals surface area contributed by atoms with Gasteiger partial charge in [0.1, 0.15) is 0 Å². The Bertz CT molecular complexity index is 152. The van der Waals surface area contributed by atoms with Crippen LogP contribution in [0.15, 0.2) is 4.99 Å². The molecule has 0 amide bonds. The second-order valence-corrected chi connectivity index (χ2v) is 3.99. The fraction of sp³-hybridized carbons (Fsp3) is 0.909. The third kappa shape index (κ3) is 6.62. The maximum Gasteiger partial charge on any atom is 0.183 e. The lowest BCUT2D eigenvalue weighted by Gasteiger charge is -2.14. The molecule has 0 aromatic rings. The van der Waals surface area contributed by atoms with Gasteiger partial charge in [-0.2, -0.15) is 0 Å². The van der Waals surface area contributed by atoms with Crippen LogP contribution < -0.4 is 0 Å². The van der Waals surface area contributed by atoms with Crippen LogP contribution in [0.5, 0.6) is 0 Å². The summed E-state index contributed by atoms with van der Waals surface area (Å²) in [5.41, 5.74) is 0. The lowest BCUT2D eigenvalue weighted by atomic mass is 9.96. The molecule has 0 aromatic carbocycles. The molecule has 0 aliphatic rings. The molecule has 2 heteroatoms. The number of ether oxygens (including phenoxy) is 1. The first-order chi connectivity index (χ1) is 6.10. The molecule has 0 aromatic heterocycles. The molecule has 78 valence electrons. The predicted octanol–water partition coefficient (Wildman–Crippen LogP) is 3.12. The average molecular weight is 185 g/mol. The van der Waals surface area contributed by atoms with E-state index in [1.54, 1.807) is 7.05 Å². The molecule has 0 N–H and O–H groups in total. The monoisotopic (exact) mass is 185 g/mol. The Kier molecular flexibility index (Phi) is 6.65. The summed E-state index contributed by atoms with van der Waals surface area (Å²) in [5, 5.41) is 0. The minimum atomic E-state index is 0.672. The van der Waals surface area contributed by atoms with Crippen molar-refractivity contribution >= 4 is 5.90 Å². The molecule has 2 nitrogen and oxygen atoms in total. The van der Waals surface area contributed by atoms with Gasteiger partial charge in [0.05, 0.1) is 6.61 Å². The van der Waals surface area contributed by atoms with Gasteiger partial charge in [-0.3, -0.25) is 4.99 Å². The van der Waals surface area contributed by atoms with Gasteiger partial charge >= 0.3 is 0 Å². The highest BCUT2D eigenvalue weighted by Crippen LogP contribution is 2.15. The Morgan fingerprint density at radius 3 is 2.31 bits per heavy atom. The fourth-order valence-corrected chi connectivity index (χ4v) is 1.57. The first kappa shape index (κ1) is 12.5. The summed E-state index contributed by atoms with van der Waals surface area (Å²) in [7, 11) is 1.80. The van der Waals surface area contributed by atoms with Crippen molar-refractivity contribution < 1.29 is 4.74 Å². The second-order valence-electron chi connectivity index (χ2n) is 3.99. The van der Waals surface area contributed by atoms with Crippen molar-refractivity contribution in [3.63, 3.8) is 0 Å². The third-order valence-electron chi connectivity index (χ3n) is 1.96. The maximum atomic E-state index is 5.39. The zero-order chi connectivity index (χ0) is 10.3. The number of aliphatic imine (C=N–C) groups is 1. The summed E-state index contributed by atoms with van der Waals surface area (Å²) in [6.07, 6.45) is 2.22. The molecule has 0 aliphatic heterocycles. The number of rotatable bonds is 5. The van der Waals surface area contributed by atoms with E-state index in [0.29, 0.717) is 5.92 Å². The summed E-state index contributed by atoms with van der Waals surface area (Å²) in [6.45, 7) is 9.48. The topological polar surface area (TPSA) is 21.6 Å². The van der Waals surface area contributed by atoms with Crippen molar-refractivity contribution in [2.24, 2.45) is 16.8 Å². The first-order valence-electron chi connectivity index (χ1n) is 5.18. The van der Waals surface area contributed by atoms with Gasteiger partial charge in [0.25, 0.3) is 0 Å². The van der Waals surface area contributed by atoms with Crippen LogP contribution in [-0.2, 0) is 4.74 Å². The molecule has 0 spiro atoms. The smallest absolute Gasteiger partial charge is 0.183 e. The van der Waals surface area contributed by atoms with Gasteiger partial charge in [0.15, 0.2) is 5.90 Å². The van der Waals surface area contributed by atoms with E-state index in [4.69, 9.17) is 4.74 Å². The Balaban J connectivity index is 3.80. The summed E-state index contributed by atoms with van der Waals surface area (Å²) in [4.78, 5) is 4.12. The van der Waals surface area contributed by atoms with Crippen molar-refractivity contribution in [3.8, 4) is 0 Å². The van der Waals surface area contributed by atoms with Gasteiger partial charge in [-0.15, -0.1) is 0 Å². The number of nitrogens with zero attached hydrogens (tertiary/aromatic N) is 1. The first-order valence-corrected chi connectivity index (χ1v) is 5.18. The summed E-state index contributed by atoms with van der Waals surface area (Å²) < 4.78 is 5.39. The average Bonchev–Trinajstić information content (AvgIpc) is 2.02. The minimum Gasteiger partial charge on any atom is -0.481 e. The molecular formula is C11H23NO. The van der Waals surface area contributed by atoms with E-state index in [9.17, 15) is 0 Å². The quantitative estimate of drug-likeness (QED) is 0.476. The standard InChI is InChI=1S/C11H23NO/c1-6-13-11(12-5)8-10(4)7-9(2)3/h9-10H,6-8H2,1-5H3. The molecule has 1 atom stereocenters. The molecule has 0 saturated carbocycles. The molecule has 0 rings (SSSR count). The van der Waals surface area contributed by atoms with E-state index in [1.807, 2.05) is 6.92 Å². The van der Waals surface area contributed by atoms with Crippen molar-refractivity contribution in [1.29, 1.82) is 0 Å². The van der Waals surface area contributed by atoms with Crippen LogP contribution >= 0.6 is 0 Å². The number of hydrogen-bond acceptors (Lipinski definition) is 2. The van der Waals surface area contributed by atoms with Gasteiger partial charge < -0.3 is 4.74 Å². The van der Waals surface area contributed by atoms with Crippen molar-refractivity contribution in [2.75, 3.05) is 13.7 Å². The summed E-state index contributed by atoms with van der Waals surface area (Å²) in [6, 6.07) is 0. The Morgan fingerprint density at radius 2 is 1.92 bits per heavy atom. The largest absolute Gasteiger partial charge is 0.481 e. The second kappa shape index (κ2) is 6.93. The minimum absolute atomic E-state index is 0.672. The SMILES string of the molecule is CCOC(CC(C)CC(C)C)=NC. The normalized spacial score (nSPS) is 14.8. The fourth-order valence-electron chi connectivity index (χ4n) is 1.57. The Labute approximate surface area is 82.4 Å². The van der Waals surface area contributed by atoms with Crippen LogP contribution in [-0.4, -0.2) is 19.6 Å². The highest BCUT2D eigenvalue weighted by Gasteiger charge is 2.09. The molecular weight excluding hydrogens is 162 g/mol. The highest BCUT2D eigenvalue weighted by molar-refractivity contribution is 5.76. The Hall–Kier alpha value is -0.530. The Morgan fingerprint density at radius 1 is 1.31 bits per heavy atom. The van der Waals surface area contributed by atoms with E-state index >= 15 is 0 Å². The van der Waals surface area contributed by atoms with Crippen LogP contribution in [0.1, 0.15) is 40.5 Å². The van der Waals surface area contributed by atoms with Gasteiger partial charge in [-0.1, -0.05) is 20.8 Å². The van der Waals surface area contributed by atoms with Gasteiger partial charge in [0.2, 0.25) is 0 Å². The lowest BCUT2D eigenvalue weighted by Crippen LogP contribution is -2.11. The van der Waals surface area contributed by atoms with Crippen LogP contribution in [0.3, 0.4) is 0 Å². The van der Waals surface area contributed by atoms with E-state index in [2.05, 4.69) is 25.8 Å². The van der Waals surface area contributed by atoms with E-state index in [-0.39, 0.29) is 0 Å². The van der Waals surface area contributed by atoms with Gasteiger partial charge in [0, 0.05) is 13.5 Å². The van der Waals surface area contributed by atoms with Crippen LogP contribution in [0.2, 0.25) is 0 Å².